The zero-order valence-corrected chi connectivity index (χ0v) is 17.4. The number of amides is 1. The lowest BCUT2D eigenvalue weighted by Crippen LogP contribution is -2.23. The molecule has 0 aliphatic heterocycles. The Morgan fingerprint density at radius 3 is 2.57 bits per heavy atom. The lowest BCUT2D eigenvalue weighted by Gasteiger charge is -2.21. The maximum Gasteiger partial charge on any atom is 0.250 e. The van der Waals surface area contributed by atoms with Gasteiger partial charge in [-0.05, 0) is 37.1 Å². The number of rotatable bonds is 11. The number of allylic oxidation sites excluding steroid dienone is 3. The van der Waals surface area contributed by atoms with Gasteiger partial charge in [0.2, 0.25) is 11.7 Å². The van der Waals surface area contributed by atoms with E-state index < -0.39 is 5.78 Å². The molecule has 1 aliphatic rings. The number of methoxy groups -OCH3 is 1. The number of anilines is 1. The van der Waals surface area contributed by atoms with E-state index in [0.717, 1.165) is 12.8 Å². The molecule has 0 spiro atoms. The first kappa shape index (κ1) is 23.4. The molecule has 0 heterocycles. The Labute approximate surface area is 177 Å². The van der Waals surface area contributed by atoms with E-state index >= 15 is 0 Å². The van der Waals surface area contributed by atoms with Gasteiger partial charge in [-0.3, -0.25) is 9.59 Å². The van der Waals surface area contributed by atoms with Crippen LogP contribution in [-0.2, 0) is 19.0 Å². The number of hydrogen-bond donors (Lipinski definition) is 3. The number of Topliss-reactive ketones (excluding diaryl/α,β-unsaturated/α-hetero) is 1. The van der Waals surface area contributed by atoms with Crippen molar-refractivity contribution in [3.8, 4) is 0 Å². The molecule has 1 saturated carbocycles. The van der Waals surface area contributed by atoms with Crippen molar-refractivity contribution >= 4 is 17.4 Å². The highest BCUT2D eigenvalue weighted by Gasteiger charge is 2.16. The molecule has 30 heavy (non-hydrogen) atoms. The molecule has 0 bridgehead atoms. The maximum absolute atomic E-state index is 12.6. The smallest absolute Gasteiger partial charge is 0.250 e. The topological polar surface area (TPSA) is 126 Å². The third kappa shape index (κ3) is 7.88. The fourth-order valence-electron chi connectivity index (χ4n) is 3.12. The molecule has 0 atom stereocenters. The summed E-state index contributed by atoms with van der Waals surface area (Å²) in [7, 11) is 1.41. The van der Waals surface area contributed by atoms with E-state index in [4.69, 9.17) is 25.7 Å². The fourth-order valence-corrected chi connectivity index (χ4v) is 3.12. The maximum atomic E-state index is 12.6. The molecule has 1 aromatic carbocycles. The number of nitrogens with one attached hydrogen (secondary N) is 1. The zero-order valence-electron chi connectivity index (χ0n) is 17.4. The minimum absolute atomic E-state index is 0.0344. The molecule has 0 aromatic heterocycles. The number of hydrogen-bond acceptors (Lipinski definition) is 7. The summed E-state index contributed by atoms with van der Waals surface area (Å²) in [6.45, 7) is 0.675. The van der Waals surface area contributed by atoms with Crippen LogP contribution in [0.5, 0.6) is 0 Å². The Hall–Kier alpha value is -2.84. The van der Waals surface area contributed by atoms with Crippen molar-refractivity contribution in [1.29, 1.82) is 0 Å². The van der Waals surface area contributed by atoms with E-state index in [2.05, 4.69) is 5.32 Å². The highest BCUT2D eigenvalue weighted by atomic mass is 16.5. The van der Waals surface area contributed by atoms with Crippen LogP contribution in [0.1, 0.15) is 42.5 Å². The molecule has 164 valence electrons. The molecule has 8 heteroatoms. The van der Waals surface area contributed by atoms with Crippen molar-refractivity contribution in [3.63, 3.8) is 0 Å². The van der Waals surface area contributed by atoms with Gasteiger partial charge < -0.3 is 31.0 Å². The number of carbonyl (C=O) groups excluding carboxylic acids is 2. The highest BCUT2D eigenvalue weighted by Crippen LogP contribution is 2.20. The standard InChI is InChI=1S/C22H31N3O5/c1-28-20(24)12-11-18(23)22(27)17-9-5-6-10-19(17)25-21(26)15-29-13-14-30-16-7-3-2-4-8-16/h5-6,9-12,16H,2-4,7-8,13-15,23-24H2,1H3,(H,25,26)/b18-11-,20-12+. The average molecular weight is 418 g/mol. The Morgan fingerprint density at radius 1 is 1.10 bits per heavy atom. The molecule has 1 aromatic rings. The van der Waals surface area contributed by atoms with Crippen molar-refractivity contribution in [3.05, 3.63) is 53.6 Å². The van der Waals surface area contributed by atoms with Crippen LogP contribution in [0.4, 0.5) is 5.69 Å². The van der Waals surface area contributed by atoms with E-state index in [0.29, 0.717) is 25.0 Å². The van der Waals surface area contributed by atoms with Crippen LogP contribution < -0.4 is 16.8 Å². The van der Waals surface area contributed by atoms with Gasteiger partial charge in [-0.15, -0.1) is 0 Å². The van der Waals surface area contributed by atoms with E-state index in [1.807, 2.05) is 0 Å². The molecule has 1 amide bonds. The Balaban J connectivity index is 1.83. The first-order valence-corrected chi connectivity index (χ1v) is 10.1. The number of para-hydroxylation sites is 1. The van der Waals surface area contributed by atoms with E-state index in [-0.39, 0.29) is 29.7 Å². The van der Waals surface area contributed by atoms with Crippen molar-refractivity contribution in [2.24, 2.45) is 11.5 Å². The highest BCUT2D eigenvalue weighted by molar-refractivity contribution is 6.13. The normalized spacial score (nSPS) is 15.6. The molecule has 5 N–H and O–H groups in total. The van der Waals surface area contributed by atoms with Gasteiger partial charge in [-0.1, -0.05) is 31.4 Å². The van der Waals surface area contributed by atoms with Crippen LogP contribution in [0, 0.1) is 0 Å². The second kappa shape index (κ2) is 12.7. The van der Waals surface area contributed by atoms with Gasteiger partial charge in [0.15, 0.2) is 5.88 Å². The van der Waals surface area contributed by atoms with Crippen LogP contribution >= 0.6 is 0 Å². The molecule has 8 nitrogen and oxygen atoms in total. The van der Waals surface area contributed by atoms with Crippen LogP contribution in [0.15, 0.2) is 48.0 Å². The van der Waals surface area contributed by atoms with Crippen LogP contribution in [0.25, 0.3) is 0 Å². The third-order valence-electron chi connectivity index (χ3n) is 4.74. The summed E-state index contributed by atoms with van der Waals surface area (Å²) in [5, 5.41) is 2.69. The second-order valence-corrected chi connectivity index (χ2v) is 7.00. The van der Waals surface area contributed by atoms with Gasteiger partial charge in [-0.25, -0.2) is 0 Å². The summed E-state index contributed by atoms with van der Waals surface area (Å²) >= 11 is 0. The molecule has 0 saturated heterocycles. The van der Waals surface area contributed by atoms with Gasteiger partial charge in [0.05, 0.1) is 37.8 Å². The monoisotopic (exact) mass is 417 g/mol. The Kier molecular flexibility index (Phi) is 9.90. The van der Waals surface area contributed by atoms with Gasteiger partial charge in [0.25, 0.3) is 0 Å². The fraction of sp³-hybridized carbons (Fsp3) is 0.455. The SMILES string of the molecule is CO/C(N)=C/C=C(\N)C(=O)c1ccccc1NC(=O)COCCOC1CCCCC1. The van der Waals surface area contributed by atoms with E-state index in [9.17, 15) is 9.59 Å². The lowest BCUT2D eigenvalue weighted by atomic mass is 9.98. The summed E-state index contributed by atoms with van der Waals surface area (Å²) in [5.74, 6) is -0.677. The summed E-state index contributed by atoms with van der Waals surface area (Å²) in [6.07, 6.45) is 8.94. The molecule has 2 rings (SSSR count). The minimum atomic E-state index is -0.437. The summed E-state index contributed by atoms with van der Waals surface area (Å²) < 4.78 is 16.0. The van der Waals surface area contributed by atoms with Crippen LogP contribution in [0.3, 0.4) is 0 Å². The predicted octanol–water partition coefficient (Wildman–Crippen LogP) is 2.46. The second-order valence-electron chi connectivity index (χ2n) is 7.00. The summed E-state index contributed by atoms with van der Waals surface area (Å²) in [6, 6.07) is 6.62. The molecule has 1 fully saturated rings. The molecular weight excluding hydrogens is 386 g/mol. The van der Waals surface area contributed by atoms with Crippen molar-refractivity contribution in [2.75, 3.05) is 32.2 Å². The summed E-state index contributed by atoms with van der Waals surface area (Å²) in [4.78, 5) is 24.8. The molecular formula is C22H31N3O5. The van der Waals surface area contributed by atoms with Gasteiger partial charge in [-0.2, -0.15) is 0 Å². The van der Waals surface area contributed by atoms with Gasteiger partial charge in [0.1, 0.15) is 6.61 Å². The molecule has 0 radical (unpaired) electrons. The van der Waals surface area contributed by atoms with E-state index in [1.54, 1.807) is 24.3 Å². The van der Waals surface area contributed by atoms with E-state index in [1.165, 1.54) is 38.5 Å². The average Bonchev–Trinajstić information content (AvgIpc) is 2.77. The number of ether oxygens (including phenoxy) is 3. The molecule has 0 unspecified atom stereocenters. The van der Waals surface area contributed by atoms with Crippen molar-refractivity contribution < 1.29 is 23.8 Å². The number of benzene rings is 1. The quantitative estimate of drug-likeness (QED) is 0.166. The first-order chi connectivity index (χ1) is 14.5. The number of carbonyl (C=O) groups is 2. The van der Waals surface area contributed by atoms with Crippen LogP contribution in [0.2, 0.25) is 0 Å². The Bertz CT molecular complexity index is 770. The molecule has 1 aliphatic carbocycles. The number of ketones is 1. The Morgan fingerprint density at radius 2 is 1.83 bits per heavy atom. The third-order valence-corrected chi connectivity index (χ3v) is 4.74. The zero-order chi connectivity index (χ0) is 21.8. The predicted molar refractivity (Wildman–Crippen MR) is 115 cm³/mol. The van der Waals surface area contributed by atoms with Crippen LogP contribution in [-0.4, -0.2) is 44.7 Å². The van der Waals surface area contributed by atoms with Crippen molar-refractivity contribution in [2.45, 2.75) is 38.2 Å². The summed E-state index contributed by atoms with van der Waals surface area (Å²) in [5.41, 5.74) is 11.9. The van der Waals surface area contributed by atoms with Crippen molar-refractivity contribution in [1.82, 2.24) is 0 Å². The first-order valence-electron chi connectivity index (χ1n) is 10.1. The minimum Gasteiger partial charge on any atom is -0.483 e. The lowest BCUT2D eigenvalue weighted by molar-refractivity contribution is -0.121. The van der Waals surface area contributed by atoms with Gasteiger partial charge in [0, 0.05) is 5.56 Å². The number of nitrogens with two attached hydrogens (primary N) is 2. The largest absolute Gasteiger partial charge is 0.483 e. The van der Waals surface area contributed by atoms with Gasteiger partial charge >= 0.3 is 0 Å².